The Morgan fingerprint density at radius 3 is 2.69 bits per heavy atom. The van der Waals surface area contributed by atoms with Gasteiger partial charge in [0, 0.05) is 25.5 Å². The van der Waals surface area contributed by atoms with Crippen LogP contribution in [0.2, 0.25) is 0 Å². The molecule has 12 nitrogen and oxygen atoms in total. The highest BCUT2D eigenvalue weighted by Gasteiger charge is 2.30. The van der Waals surface area contributed by atoms with Gasteiger partial charge in [-0.25, -0.2) is 15.0 Å². The SMILES string of the molecule is Cc1cnc(N2CCC(n3ncc(COc4ccc(-n5cnnn5)nc4)n3)C(C)C2)nc1. The molecule has 0 radical (unpaired) electrons. The number of ether oxygens (including phenoxy) is 1. The first-order valence-corrected chi connectivity index (χ1v) is 10.4. The Bertz CT molecular complexity index is 1140. The topological polar surface area (TPSA) is 125 Å². The standard InChI is InChI=1S/C20H23N11O/c1-14-7-22-20(23-8-14)29-6-5-18(15(2)11-29)31-25-9-16(26-31)12-32-17-3-4-19(21-10-17)30-13-24-27-28-30/h3-4,7-10,13,15,18H,5-6,11-12H2,1-2H3. The van der Waals surface area contributed by atoms with Gasteiger partial charge in [-0.2, -0.15) is 19.7 Å². The predicted molar refractivity (Wildman–Crippen MR) is 113 cm³/mol. The molecule has 2 unspecified atom stereocenters. The third-order valence-electron chi connectivity index (χ3n) is 5.45. The Kier molecular flexibility index (Phi) is 5.40. The van der Waals surface area contributed by atoms with E-state index in [0.717, 1.165) is 36.7 Å². The van der Waals surface area contributed by atoms with Gasteiger partial charge in [-0.1, -0.05) is 6.92 Å². The van der Waals surface area contributed by atoms with Gasteiger partial charge >= 0.3 is 0 Å². The fourth-order valence-corrected chi connectivity index (χ4v) is 3.76. The minimum absolute atomic E-state index is 0.225. The van der Waals surface area contributed by atoms with E-state index in [0.29, 0.717) is 24.1 Å². The van der Waals surface area contributed by atoms with E-state index in [4.69, 9.17) is 4.74 Å². The van der Waals surface area contributed by atoms with Crippen molar-refractivity contribution in [1.82, 2.24) is 50.2 Å². The monoisotopic (exact) mass is 433 g/mol. The predicted octanol–water partition coefficient (Wildman–Crippen LogP) is 1.41. The van der Waals surface area contributed by atoms with Gasteiger partial charge in [0.15, 0.2) is 5.82 Å². The Balaban J connectivity index is 1.17. The number of piperidine rings is 1. The zero-order valence-corrected chi connectivity index (χ0v) is 17.9. The second-order valence-corrected chi connectivity index (χ2v) is 7.89. The summed E-state index contributed by atoms with van der Waals surface area (Å²) < 4.78 is 7.29. The van der Waals surface area contributed by atoms with E-state index in [2.05, 4.69) is 52.5 Å². The summed E-state index contributed by atoms with van der Waals surface area (Å²) in [6.45, 7) is 6.25. The summed E-state index contributed by atoms with van der Waals surface area (Å²) in [6, 6.07) is 3.83. The van der Waals surface area contributed by atoms with Crippen LogP contribution in [0.25, 0.3) is 5.82 Å². The second-order valence-electron chi connectivity index (χ2n) is 7.89. The van der Waals surface area contributed by atoms with Gasteiger partial charge in [0.25, 0.3) is 0 Å². The number of anilines is 1. The highest BCUT2D eigenvalue weighted by Crippen LogP contribution is 2.28. The first-order valence-electron chi connectivity index (χ1n) is 10.4. The van der Waals surface area contributed by atoms with Crippen LogP contribution < -0.4 is 9.64 Å². The number of aryl methyl sites for hydroxylation is 1. The van der Waals surface area contributed by atoms with Crippen molar-refractivity contribution in [3.8, 4) is 11.6 Å². The molecule has 0 amide bonds. The van der Waals surface area contributed by atoms with Gasteiger partial charge in [-0.05, 0) is 47.4 Å². The molecule has 5 heterocycles. The molecule has 5 rings (SSSR count). The molecular weight excluding hydrogens is 410 g/mol. The normalized spacial score (nSPS) is 18.6. The molecule has 0 aliphatic carbocycles. The molecule has 32 heavy (non-hydrogen) atoms. The molecule has 0 aromatic carbocycles. The van der Waals surface area contributed by atoms with E-state index >= 15 is 0 Å². The molecule has 0 saturated carbocycles. The second kappa shape index (κ2) is 8.65. The lowest BCUT2D eigenvalue weighted by Crippen LogP contribution is -2.41. The fourth-order valence-electron chi connectivity index (χ4n) is 3.76. The zero-order chi connectivity index (χ0) is 21.9. The number of hydrogen-bond acceptors (Lipinski definition) is 10. The number of rotatable bonds is 6. The molecule has 0 spiro atoms. The van der Waals surface area contributed by atoms with Gasteiger partial charge in [0.2, 0.25) is 5.95 Å². The molecule has 4 aromatic heterocycles. The molecule has 1 saturated heterocycles. The van der Waals surface area contributed by atoms with E-state index < -0.39 is 0 Å². The average molecular weight is 433 g/mol. The maximum atomic E-state index is 5.81. The Morgan fingerprint density at radius 1 is 1.09 bits per heavy atom. The molecule has 2 atom stereocenters. The van der Waals surface area contributed by atoms with Crippen molar-refractivity contribution >= 4 is 5.95 Å². The van der Waals surface area contributed by atoms with Gasteiger partial charge in [-0.3, -0.25) is 0 Å². The van der Waals surface area contributed by atoms with Crippen molar-refractivity contribution in [2.24, 2.45) is 5.92 Å². The first kappa shape index (κ1) is 20.0. The number of tetrazole rings is 1. The fraction of sp³-hybridized carbons (Fsp3) is 0.400. The molecule has 1 aliphatic heterocycles. The zero-order valence-electron chi connectivity index (χ0n) is 17.9. The van der Waals surface area contributed by atoms with Crippen LogP contribution in [0.5, 0.6) is 5.75 Å². The summed E-state index contributed by atoms with van der Waals surface area (Å²) >= 11 is 0. The van der Waals surface area contributed by atoms with Gasteiger partial charge in [-0.15, -0.1) is 5.10 Å². The van der Waals surface area contributed by atoms with E-state index in [9.17, 15) is 0 Å². The number of aromatic nitrogens is 10. The lowest BCUT2D eigenvalue weighted by atomic mass is 9.94. The third kappa shape index (κ3) is 4.24. The van der Waals surface area contributed by atoms with Crippen LogP contribution in [0.1, 0.15) is 30.6 Å². The number of hydrogen-bond donors (Lipinski definition) is 0. The first-order chi connectivity index (χ1) is 15.7. The quantitative estimate of drug-likeness (QED) is 0.440. The van der Waals surface area contributed by atoms with Crippen molar-refractivity contribution in [1.29, 1.82) is 0 Å². The Morgan fingerprint density at radius 2 is 1.97 bits per heavy atom. The van der Waals surface area contributed by atoms with Gasteiger partial charge in [0.05, 0.1) is 18.4 Å². The Hall–Kier alpha value is -3.96. The molecular formula is C20H23N11O. The van der Waals surface area contributed by atoms with Crippen molar-refractivity contribution in [3.63, 3.8) is 0 Å². The van der Waals surface area contributed by atoms with Gasteiger partial charge < -0.3 is 9.64 Å². The van der Waals surface area contributed by atoms with Crippen molar-refractivity contribution in [3.05, 3.63) is 54.5 Å². The number of pyridine rings is 1. The van der Waals surface area contributed by atoms with Crippen molar-refractivity contribution in [2.75, 3.05) is 18.0 Å². The molecule has 4 aromatic rings. The van der Waals surface area contributed by atoms with Crippen LogP contribution in [0.3, 0.4) is 0 Å². The summed E-state index contributed by atoms with van der Waals surface area (Å²) in [5.74, 6) is 2.39. The third-order valence-corrected chi connectivity index (χ3v) is 5.45. The molecule has 1 fully saturated rings. The smallest absolute Gasteiger partial charge is 0.225 e. The molecule has 12 heteroatoms. The lowest BCUT2D eigenvalue weighted by Gasteiger charge is -2.36. The van der Waals surface area contributed by atoms with Crippen molar-refractivity contribution < 1.29 is 4.74 Å². The molecule has 164 valence electrons. The van der Waals surface area contributed by atoms with Crippen LogP contribution in [-0.4, -0.2) is 63.2 Å². The van der Waals surface area contributed by atoms with Crippen LogP contribution in [-0.2, 0) is 6.61 Å². The summed E-state index contributed by atoms with van der Waals surface area (Å²) in [6.07, 6.45) is 9.51. The molecule has 1 aliphatic rings. The molecule has 0 N–H and O–H groups in total. The largest absolute Gasteiger partial charge is 0.486 e. The summed E-state index contributed by atoms with van der Waals surface area (Å²) in [4.78, 5) is 17.2. The summed E-state index contributed by atoms with van der Waals surface area (Å²) in [7, 11) is 0. The molecule has 0 bridgehead atoms. The van der Waals surface area contributed by atoms with Crippen LogP contribution in [0.4, 0.5) is 5.95 Å². The highest BCUT2D eigenvalue weighted by atomic mass is 16.5. The summed E-state index contributed by atoms with van der Waals surface area (Å²) in [5.41, 5.74) is 1.83. The van der Waals surface area contributed by atoms with Crippen LogP contribution in [0.15, 0.2) is 43.2 Å². The van der Waals surface area contributed by atoms with E-state index in [1.807, 2.05) is 30.2 Å². The van der Waals surface area contributed by atoms with E-state index in [-0.39, 0.29) is 6.04 Å². The minimum atomic E-state index is 0.225. The lowest BCUT2D eigenvalue weighted by molar-refractivity contribution is 0.246. The van der Waals surface area contributed by atoms with Crippen LogP contribution in [0, 0.1) is 12.8 Å². The average Bonchev–Trinajstić information content (AvgIpc) is 3.51. The van der Waals surface area contributed by atoms with E-state index in [1.165, 1.54) is 11.0 Å². The summed E-state index contributed by atoms with van der Waals surface area (Å²) in [5, 5.41) is 20.2. The highest BCUT2D eigenvalue weighted by molar-refractivity contribution is 5.31. The number of nitrogens with zero attached hydrogens (tertiary/aromatic N) is 11. The minimum Gasteiger partial charge on any atom is -0.486 e. The Labute approximate surface area is 184 Å². The maximum Gasteiger partial charge on any atom is 0.225 e. The maximum absolute atomic E-state index is 5.81. The van der Waals surface area contributed by atoms with Crippen LogP contribution >= 0.6 is 0 Å². The van der Waals surface area contributed by atoms with E-state index in [1.54, 1.807) is 18.5 Å². The van der Waals surface area contributed by atoms with Gasteiger partial charge in [0.1, 0.15) is 24.4 Å². The van der Waals surface area contributed by atoms with Crippen molar-refractivity contribution in [2.45, 2.75) is 32.9 Å².